The highest BCUT2D eigenvalue weighted by atomic mass is 32.2. The molecule has 2 heterocycles. The van der Waals surface area contributed by atoms with Crippen LogP contribution in [0.2, 0.25) is 0 Å². The first-order chi connectivity index (χ1) is 16.9. The van der Waals surface area contributed by atoms with Crippen LogP contribution in [-0.2, 0) is 21.4 Å². The van der Waals surface area contributed by atoms with Crippen LogP contribution in [0.3, 0.4) is 0 Å². The number of sulfonamides is 1. The molecule has 1 N–H and O–H groups in total. The summed E-state index contributed by atoms with van der Waals surface area (Å²) in [5.74, 6) is 0.0109. The molecule has 2 aliphatic heterocycles. The van der Waals surface area contributed by atoms with E-state index in [1.165, 1.54) is 22.8 Å². The zero-order valence-corrected chi connectivity index (χ0v) is 20.5. The quantitative estimate of drug-likeness (QED) is 0.566. The van der Waals surface area contributed by atoms with E-state index in [0.29, 0.717) is 18.0 Å². The second-order valence-corrected chi connectivity index (χ2v) is 10.9. The zero-order valence-electron chi connectivity index (χ0n) is 19.7. The molecule has 0 spiro atoms. The first-order valence-corrected chi connectivity index (χ1v) is 13.3. The van der Waals surface area contributed by atoms with Gasteiger partial charge in [0.05, 0.1) is 17.1 Å². The Balaban J connectivity index is 1.31. The third-order valence-corrected chi connectivity index (χ3v) is 8.30. The summed E-state index contributed by atoms with van der Waals surface area (Å²) in [6.45, 7) is 4.30. The van der Waals surface area contributed by atoms with Crippen molar-refractivity contribution in [2.75, 3.05) is 28.8 Å². The molecule has 1 fully saturated rings. The van der Waals surface area contributed by atoms with E-state index in [1.54, 1.807) is 48.5 Å². The maximum Gasteiger partial charge on any atom is 0.264 e. The highest BCUT2D eigenvalue weighted by Gasteiger charge is 2.37. The highest BCUT2D eigenvalue weighted by Crippen LogP contribution is 2.36. The number of nitrogens with one attached hydrogen (secondary N) is 1. The van der Waals surface area contributed by atoms with Crippen molar-refractivity contribution >= 4 is 27.3 Å². The first kappa shape index (κ1) is 23.2. The third kappa shape index (κ3) is 4.84. The van der Waals surface area contributed by atoms with Gasteiger partial charge in [0.25, 0.3) is 15.9 Å². The van der Waals surface area contributed by atoms with Gasteiger partial charge in [-0.05, 0) is 61.7 Å². The first-order valence-electron chi connectivity index (χ1n) is 11.9. The van der Waals surface area contributed by atoms with Crippen molar-refractivity contribution in [3.8, 4) is 5.75 Å². The molecule has 0 aliphatic carbocycles. The average Bonchev–Trinajstić information content (AvgIpc) is 3.42. The van der Waals surface area contributed by atoms with Crippen LogP contribution in [0.4, 0.5) is 11.4 Å². The number of hydrogen-bond acceptors (Lipinski definition) is 5. The van der Waals surface area contributed by atoms with Gasteiger partial charge in [-0.3, -0.25) is 9.10 Å². The van der Waals surface area contributed by atoms with E-state index in [9.17, 15) is 13.2 Å². The largest absolute Gasteiger partial charge is 0.476 e. The molecule has 2 aliphatic rings. The molecule has 0 saturated carbocycles. The lowest BCUT2D eigenvalue weighted by atomic mass is 10.2. The fourth-order valence-corrected chi connectivity index (χ4v) is 5.98. The summed E-state index contributed by atoms with van der Waals surface area (Å²) in [6, 6.07) is 21.8. The number of carbonyl (C=O) groups excluding carboxylic acids is 1. The summed E-state index contributed by atoms with van der Waals surface area (Å²) in [5, 5.41) is 2.91. The lowest BCUT2D eigenvalue weighted by molar-refractivity contribution is -0.127. The Labute approximate surface area is 206 Å². The van der Waals surface area contributed by atoms with Crippen LogP contribution in [0.25, 0.3) is 0 Å². The Morgan fingerprint density at radius 2 is 1.66 bits per heavy atom. The maximum absolute atomic E-state index is 13.5. The van der Waals surface area contributed by atoms with Gasteiger partial charge < -0.3 is 15.0 Å². The van der Waals surface area contributed by atoms with Crippen molar-refractivity contribution in [1.82, 2.24) is 5.32 Å². The third-order valence-electron chi connectivity index (χ3n) is 6.51. The summed E-state index contributed by atoms with van der Waals surface area (Å²) in [7, 11) is -3.87. The predicted molar refractivity (Wildman–Crippen MR) is 136 cm³/mol. The van der Waals surface area contributed by atoms with Gasteiger partial charge in [-0.25, -0.2) is 8.42 Å². The molecule has 7 nitrogen and oxygen atoms in total. The lowest BCUT2D eigenvalue weighted by Crippen LogP contribution is -2.50. The molecule has 1 saturated heterocycles. The molecule has 1 atom stereocenters. The van der Waals surface area contributed by atoms with Crippen molar-refractivity contribution in [2.24, 2.45) is 0 Å². The van der Waals surface area contributed by atoms with E-state index in [-0.39, 0.29) is 17.3 Å². The average molecular weight is 492 g/mol. The number of fused-ring (bicyclic) bond motifs is 1. The van der Waals surface area contributed by atoms with E-state index in [4.69, 9.17) is 4.74 Å². The Morgan fingerprint density at radius 3 is 2.37 bits per heavy atom. The Morgan fingerprint density at radius 1 is 0.971 bits per heavy atom. The van der Waals surface area contributed by atoms with Gasteiger partial charge in [0.1, 0.15) is 5.75 Å². The zero-order chi connectivity index (χ0) is 24.4. The Hall–Kier alpha value is -3.52. The van der Waals surface area contributed by atoms with Gasteiger partial charge >= 0.3 is 0 Å². The van der Waals surface area contributed by atoms with E-state index in [0.717, 1.165) is 24.2 Å². The Bertz CT molecular complexity index is 1300. The van der Waals surface area contributed by atoms with E-state index < -0.39 is 16.1 Å². The van der Waals surface area contributed by atoms with Crippen LogP contribution in [0.5, 0.6) is 5.75 Å². The normalized spacial score (nSPS) is 17.6. The summed E-state index contributed by atoms with van der Waals surface area (Å²) >= 11 is 0. The minimum Gasteiger partial charge on any atom is -0.476 e. The fourth-order valence-electron chi connectivity index (χ4n) is 4.51. The van der Waals surface area contributed by atoms with E-state index in [1.807, 2.05) is 19.1 Å². The Kier molecular flexibility index (Phi) is 6.38. The molecule has 3 aromatic rings. The minimum atomic E-state index is -3.87. The highest BCUT2D eigenvalue weighted by molar-refractivity contribution is 7.92. The standard InChI is InChI=1S/C27H29N3O4S/c1-20-8-14-23(15-9-20)35(32,33)30-19-26(34-25-7-3-2-6-24(25)30)27(31)28-18-21-10-12-22(13-11-21)29-16-4-5-17-29/h2-3,6-15,26H,4-5,16-19H2,1H3,(H,28,31)/t26-/m0/s1. The van der Waals surface area contributed by atoms with Crippen molar-refractivity contribution < 1.29 is 17.9 Å². The van der Waals surface area contributed by atoms with Gasteiger partial charge in [-0.2, -0.15) is 0 Å². The number of rotatable bonds is 6. The van der Waals surface area contributed by atoms with Gasteiger partial charge in [0.2, 0.25) is 0 Å². The molecule has 182 valence electrons. The number of amides is 1. The number of carbonyl (C=O) groups is 1. The fraction of sp³-hybridized carbons (Fsp3) is 0.296. The molecule has 3 aromatic carbocycles. The number of hydrogen-bond donors (Lipinski definition) is 1. The molecule has 5 rings (SSSR count). The van der Waals surface area contributed by atoms with E-state index in [2.05, 4.69) is 22.3 Å². The molecular formula is C27H29N3O4S. The lowest BCUT2D eigenvalue weighted by Gasteiger charge is -2.34. The number of para-hydroxylation sites is 2. The SMILES string of the molecule is Cc1ccc(S(=O)(=O)N2C[C@@H](C(=O)NCc3ccc(N4CCCC4)cc3)Oc3ccccc32)cc1. The van der Waals surface area contributed by atoms with Crippen molar-refractivity contribution in [3.63, 3.8) is 0 Å². The van der Waals surface area contributed by atoms with Gasteiger partial charge in [-0.15, -0.1) is 0 Å². The number of aryl methyl sites for hydroxylation is 1. The van der Waals surface area contributed by atoms with Crippen molar-refractivity contribution in [3.05, 3.63) is 83.9 Å². The molecular weight excluding hydrogens is 462 g/mol. The maximum atomic E-state index is 13.5. The molecule has 8 heteroatoms. The second-order valence-electron chi connectivity index (χ2n) is 9.00. The minimum absolute atomic E-state index is 0.104. The topological polar surface area (TPSA) is 79.0 Å². The van der Waals surface area contributed by atoms with Crippen LogP contribution in [0.15, 0.2) is 77.7 Å². The summed E-state index contributed by atoms with van der Waals surface area (Å²) < 4.78 is 34.2. The molecule has 1 amide bonds. The number of benzene rings is 3. The molecule has 35 heavy (non-hydrogen) atoms. The van der Waals surface area contributed by atoms with Crippen LogP contribution >= 0.6 is 0 Å². The van der Waals surface area contributed by atoms with Crippen LogP contribution in [0, 0.1) is 6.92 Å². The van der Waals surface area contributed by atoms with Crippen LogP contribution in [0.1, 0.15) is 24.0 Å². The second kappa shape index (κ2) is 9.62. The van der Waals surface area contributed by atoms with Crippen molar-refractivity contribution in [2.45, 2.75) is 37.3 Å². The molecule has 0 aromatic heterocycles. The van der Waals surface area contributed by atoms with Crippen LogP contribution in [-0.4, -0.2) is 40.1 Å². The molecule has 0 radical (unpaired) electrons. The van der Waals surface area contributed by atoms with Crippen LogP contribution < -0.4 is 19.3 Å². The van der Waals surface area contributed by atoms with Gasteiger partial charge in [-0.1, -0.05) is 42.0 Å². The molecule has 0 bridgehead atoms. The van der Waals surface area contributed by atoms with E-state index >= 15 is 0 Å². The summed E-state index contributed by atoms with van der Waals surface area (Å²) in [5.41, 5.74) is 3.56. The predicted octanol–water partition coefficient (Wildman–Crippen LogP) is 3.87. The number of anilines is 2. The van der Waals surface area contributed by atoms with Gasteiger partial charge in [0, 0.05) is 25.3 Å². The monoisotopic (exact) mass is 491 g/mol. The number of nitrogens with zero attached hydrogens (tertiary/aromatic N) is 2. The summed E-state index contributed by atoms with van der Waals surface area (Å²) in [4.78, 5) is 15.6. The number of ether oxygens (including phenoxy) is 1. The summed E-state index contributed by atoms with van der Waals surface area (Å²) in [6.07, 6.45) is 1.48. The van der Waals surface area contributed by atoms with Gasteiger partial charge in [0.15, 0.2) is 6.10 Å². The molecule has 0 unspecified atom stereocenters. The smallest absolute Gasteiger partial charge is 0.264 e. The van der Waals surface area contributed by atoms with Crippen molar-refractivity contribution in [1.29, 1.82) is 0 Å².